The Bertz CT molecular complexity index is 599. The zero-order valence-electron chi connectivity index (χ0n) is 13.5. The van der Waals surface area contributed by atoms with Crippen LogP contribution in [0.15, 0.2) is 18.2 Å². The van der Waals surface area contributed by atoms with E-state index in [0.717, 1.165) is 12.8 Å². The molecule has 0 radical (unpaired) electrons. The molecule has 6 heteroatoms. The van der Waals surface area contributed by atoms with Crippen molar-refractivity contribution in [2.75, 3.05) is 27.4 Å². The van der Waals surface area contributed by atoms with Crippen molar-refractivity contribution >= 4 is 11.9 Å². The fourth-order valence-electron chi connectivity index (χ4n) is 3.50. The number of amides is 1. The molecule has 1 aromatic carbocycles. The van der Waals surface area contributed by atoms with Crippen molar-refractivity contribution in [1.29, 1.82) is 0 Å². The molecule has 1 aliphatic carbocycles. The Labute approximate surface area is 135 Å². The van der Waals surface area contributed by atoms with Gasteiger partial charge in [0.25, 0.3) is 5.91 Å². The number of esters is 1. The standard InChI is InChI=1S/C17H21NO5/c1-21-13-9-12(10-14(11-13)22-2)15(19)18-7-8-23-16(20)17(18)5-3-4-6-17/h9-11H,3-8H2,1-2H3. The molecule has 2 fully saturated rings. The maximum atomic E-state index is 13.0. The summed E-state index contributed by atoms with van der Waals surface area (Å²) in [5.41, 5.74) is -0.340. The molecular formula is C17H21NO5. The Hall–Kier alpha value is -2.24. The van der Waals surface area contributed by atoms with Gasteiger partial charge in [-0.1, -0.05) is 12.8 Å². The molecule has 1 aliphatic heterocycles. The van der Waals surface area contributed by atoms with Crippen LogP contribution in [-0.4, -0.2) is 49.7 Å². The van der Waals surface area contributed by atoms with Gasteiger partial charge in [-0.15, -0.1) is 0 Å². The Morgan fingerprint density at radius 2 is 1.74 bits per heavy atom. The highest BCUT2D eigenvalue weighted by atomic mass is 16.5. The summed E-state index contributed by atoms with van der Waals surface area (Å²) in [4.78, 5) is 27.1. The number of carbonyl (C=O) groups is 2. The van der Waals surface area contributed by atoms with Gasteiger partial charge in [-0.2, -0.15) is 0 Å². The number of cyclic esters (lactones) is 1. The number of ether oxygens (including phenoxy) is 3. The monoisotopic (exact) mass is 319 g/mol. The third-order valence-corrected chi connectivity index (χ3v) is 4.72. The molecule has 1 saturated heterocycles. The van der Waals surface area contributed by atoms with Crippen LogP contribution in [0.25, 0.3) is 0 Å². The van der Waals surface area contributed by atoms with Crippen molar-refractivity contribution in [3.8, 4) is 11.5 Å². The number of hydrogen-bond donors (Lipinski definition) is 0. The van der Waals surface area contributed by atoms with Crippen molar-refractivity contribution in [3.63, 3.8) is 0 Å². The minimum absolute atomic E-state index is 0.180. The van der Waals surface area contributed by atoms with E-state index in [-0.39, 0.29) is 18.5 Å². The van der Waals surface area contributed by atoms with E-state index in [2.05, 4.69) is 0 Å². The molecule has 0 bridgehead atoms. The van der Waals surface area contributed by atoms with E-state index in [0.29, 0.717) is 36.4 Å². The summed E-state index contributed by atoms with van der Waals surface area (Å²) in [6.45, 7) is 0.664. The van der Waals surface area contributed by atoms with Gasteiger partial charge in [-0.05, 0) is 25.0 Å². The van der Waals surface area contributed by atoms with Crippen LogP contribution in [0.5, 0.6) is 11.5 Å². The fourth-order valence-corrected chi connectivity index (χ4v) is 3.50. The van der Waals surface area contributed by atoms with Crippen LogP contribution in [0, 0.1) is 0 Å². The lowest BCUT2D eigenvalue weighted by Crippen LogP contribution is -2.60. The second kappa shape index (κ2) is 6.10. The summed E-state index contributed by atoms with van der Waals surface area (Å²) in [5, 5.41) is 0. The summed E-state index contributed by atoms with van der Waals surface area (Å²) >= 11 is 0. The molecule has 1 heterocycles. The average molecular weight is 319 g/mol. The van der Waals surface area contributed by atoms with Crippen LogP contribution in [-0.2, 0) is 9.53 Å². The van der Waals surface area contributed by atoms with Gasteiger partial charge < -0.3 is 19.1 Å². The number of hydrogen-bond acceptors (Lipinski definition) is 5. The van der Waals surface area contributed by atoms with Gasteiger partial charge in [0, 0.05) is 11.6 Å². The van der Waals surface area contributed by atoms with E-state index in [1.165, 1.54) is 0 Å². The topological polar surface area (TPSA) is 65.1 Å². The second-order valence-electron chi connectivity index (χ2n) is 5.93. The van der Waals surface area contributed by atoms with E-state index in [9.17, 15) is 9.59 Å². The Balaban J connectivity index is 1.96. The number of methoxy groups -OCH3 is 2. The highest BCUT2D eigenvalue weighted by Gasteiger charge is 2.51. The summed E-state index contributed by atoms with van der Waals surface area (Å²) in [5.74, 6) is 0.644. The van der Waals surface area contributed by atoms with Gasteiger partial charge in [0.2, 0.25) is 0 Å². The van der Waals surface area contributed by atoms with E-state index in [1.807, 2.05) is 0 Å². The molecule has 6 nitrogen and oxygen atoms in total. The van der Waals surface area contributed by atoms with Crippen LogP contribution < -0.4 is 9.47 Å². The van der Waals surface area contributed by atoms with Crippen LogP contribution in [0.3, 0.4) is 0 Å². The quantitative estimate of drug-likeness (QED) is 0.798. The molecule has 1 spiro atoms. The predicted molar refractivity (Wildman–Crippen MR) is 82.7 cm³/mol. The van der Waals surface area contributed by atoms with E-state index < -0.39 is 5.54 Å². The van der Waals surface area contributed by atoms with Crippen molar-refractivity contribution in [2.24, 2.45) is 0 Å². The molecule has 3 rings (SSSR count). The largest absolute Gasteiger partial charge is 0.497 e. The van der Waals surface area contributed by atoms with Gasteiger partial charge in [0.05, 0.1) is 20.8 Å². The number of rotatable bonds is 3. The number of carbonyl (C=O) groups excluding carboxylic acids is 2. The Morgan fingerprint density at radius 1 is 1.13 bits per heavy atom. The Kier molecular flexibility index (Phi) is 4.15. The fraction of sp³-hybridized carbons (Fsp3) is 0.529. The highest BCUT2D eigenvalue weighted by molar-refractivity contribution is 5.99. The summed E-state index contributed by atoms with van der Waals surface area (Å²) < 4.78 is 15.7. The van der Waals surface area contributed by atoms with Crippen molar-refractivity contribution < 1.29 is 23.8 Å². The minimum Gasteiger partial charge on any atom is -0.497 e. The van der Waals surface area contributed by atoms with Crippen molar-refractivity contribution in [3.05, 3.63) is 23.8 Å². The molecule has 23 heavy (non-hydrogen) atoms. The molecule has 1 saturated carbocycles. The lowest BCUT2D eigenvalue weighted by Gasteiger charge is -2.42. The third kappa shape index (κ3) is 2.62. The van der Waals surface area contributed by atoms with Crippen LogP contribution in [0.2, 0.25) is 0 Å². The maximum absolute atomic E-state index is 13.0. The first kappa shape index (κ1) is 15.6. The molecule has 2 aliphatic rings. The first-order valence-corrected chi connectivity index (χ1v) is 7.83. The van der Waals surface area contributed by atoms with E-state index in [4.69, 9.17) is 14.2 Å². The van der Waals surface area contributed by atoms with Crippen molar-refractivity contribution in [2.45, 2.75) is 31.2 Å². The van der Waals surface area contributed by atoms with Gasteiger partial charge >= 0.3 is 5.97 Å². The van der Waals surface area contributed by atoms with Crippen LogP contribution >= 0.6 is 0 Å². The summed E-state index contributed by atoms with van der Waals surface area (Å²) in [6, 6.07) is 5.06. The zero-order valence-corrected chi connectivity index (χ0v) is 13.5. The molecule has 0 atom stereocenters. The zero-order chi connectivity index (χ0) is 16.4. The highest BCUT2D eigenvalue weighted by Crippen LogP contribution is 2.39. The molecule has 1 amide bonds. The molecule has 0 unspecified atom stereocenters. The van der Waals surface area contributed by atoms with Crippen LogP contribution in [0.4, 0.5) is 0 Å². The number of benzene rings is 1. The molecule has 1 aromatic rings. The van der Waals surface area contributed by atoms with Crippen molar-refractivity contribution in [1.82, 2.24) is 4.90 Å². The van der Waals surface area contributed by atoms with Gasteiger partial charge in [0.1, 0.15) is 23.6 Å². The SMILES string of the molecule is COc1cc(OC)cc(C(=O)N2CCOC(=O)C23CCCC3)c1. The first-order valence-electron chi connectivity index (χ1n) is 7.83. The lowest BCUT2D eigenvalue weighted by molar-refractivity contribution is -0.164. The van der Waals surface area contributed by atoms with Gasteiger partial charge in [-0.25, -0.2) is 4.79 Å². The molecule has 124 valence electrons. The third-order valence-electron chi connectivity index (χ3n) is 4.72. The normalized spacial score (nSPS) is 19.6. The summed E-state index contributed by atoms with van der Waals surface area (Å²) in [6.07, 6.45) is 3.19. The Morgan fingerprint density at radius 3 is 2.30 bits per heavy atom. The van der Waals surface area contributed by atoms with E-state index in [1.54, 1.807) is 37.3 Å². The lowest BCUT2D eigenvalue weighted by atomic mass is 9.92. The van der Waals surface area contributed by atoms with Crippen LogP contribution in [0.1, 0.15) is 36.0 Å². The predicted octanol–water partition coefficient (Wildman–Crippen LogP) is 2.02. The second-order valence-corrected chi connectivity index (χ2v) is 5.93. The average Bonchev–Trinajstić information content (AvgIpc) is 3.06. The van der Waals surface area contributed by atoms with E-state index >= 15 is 0 Å². The maximum Gasteiger partial charge on any atom is 0.332 e. The number of nitrogens with zero attached hydrogens (tertiary/aromatic N) is 1. The minimum atomic E-state index is -0.800. The molecule has 0 N–H and O–H groups in total. The summed E-state index contributed by atoms with van der Waals surface area (Å²) in [7, 11) is 3.08. The molecular weight excluding hydrogens is 298 g/mol. The van der Waals surface area contributed by atoms with Gasteiger partial charge in [0.15, 0.2) is 0 Å². The molecule has 0 aromatic heterocycles. The smallest absolute Gasteiger partial charge is 0.332 e. The first-order chi connectivity index (χ1) is 11.1. The van der Waals surface area contributed by atoms with Gasteiger partial charge in [-0.3, -0.25) is 4.79 Å². The number of morpholine rings is 1.